The van der Waals surface area contributed by atoms with E-state index < -0.39 is 0 Å². The number of carbonyl (C=O) groups excluding carboxylic acids is 1. The van der Waals surface area contributed by atoms with Gasteiger partial charge in [0.25, 0.3) is 0 Å². The summed E-state index contributed by atoms with van der Waals surface area (Å²) in [6.07, 6.45) is 7.79. The number of likely N-dealkylation sites (N-methyl/N-ethyl adjacent to an activating group) is 1. The molecule has 0 heterocycles. The minimum atomic E-state index is -0.0322. The van der Waals surface area contributed by atoms with Gasteiger partial charge in [0.1, 0.15) is 0 Å². The molecule has 1 atom stereocenters. The maximum atomic E-state index is 12.7. The molecule has 1 unspecified atom stereocenters. The molecule has 1 aliphatic rings. The monoisotopic (exact) mass is 287 g/mol. The van der Waals surface area contributed by atoms with Crippen LogP contribution in [0.25, 0.3) is 0 Å². The van der Waals surface area contributed by atoms with Gasteiger partial charge in [0.2, 0.25) is 0 Å². The van der Waals surface area contributed by atoms with Crippen LogP contribution in [0.5, 0.6) is 0 Å². The van der Waals surface area contributed by atoms with Gasteiger partial charge in [0.05, 0.1) is 6.04 Å². The molecular formula is C19H29NO. The summed E-state index contributed by atoms with van der Waals surface area (Å²) in [5, 5.41) is 0. The molecule has 2 nitrogen and oxygen atoms in total. The van der Waals surface area contributed by atoms with Crippen molar-refractivity contribution in [1.29, 1.82) is 0 Å². The third-order valence-electron chi connectivity index (χ3n) is 5.18. The fourth-order valence-electron chi connectivity index (χ4n) is 3.30. The standard InChI is InChI=1S/C19H29NO/c1-14-11-12-17(13-15(14)2)19(21)16(3)20(4)18-9-7-5-6-8-10-18/h11-13,16,18H,5-10H2,1-4H3. The SMILES string of the molecule is Cc1ccc(C(=O)C(C)N(C)C2CCCCCC2)cc1C. The second-order valence-electron chi connectivity index (χ2n) is 6.65. The Bertz CT molecular complexity index is 486. The zero-order valence-corrected chi connectivity index (χ0v) is 14.0. The van der Waals surface area contributed by atoms with Gasteiger partial charge in [-0.05, 0) is 57.9 Å². The highest BCUT2D eigenvalue weighted by Crippen LogP contribution is 2.23. The van der Waals surface area contributed by atoms with Crippen LogP contribution in [0.2, 0.25) is 0 Å². The van der Waals surface area contributed by atoms with Crippen LogP contribution < -0.4 is 0 Å². The van der Waals surface area contributed by atoms with Gasteiger partial charge in [-0.25, -0.2) is 0 Å². The van der Waals surface area contributed by atoms with Crippen molar-refractivity contribution in [3.8, 4) is 0 Å². The van der Waals surface area contributed by atoms with E-state index in [1.807, 2.05) is 12.1 Å². The highest BCUT2D eigenvalue weighted by Gasteiger charge is 2.26. The van der Waals surface area contributed by atoms with Crippen molar-refractivity contribution < 1.29 is 4.79 Å². The Morgan fingerprint density at radius 1 is 1.10 bits per heavy atom. The van der Waals surface area contributed by atoms with Crippen molar-refractivity contribution in [3.63, 3.8) is 0 Å². The molecule has 1 aromatic rings. The molecule has 0 amide bonds. The summed E-state index contributed by atoms with van der Waals surface area (Å²) in [5.74, 6) is 0.254. The van der Waals surface area contributed by atoms with E-state index in [1.165, 1.54) is 49.7 Å². The number of carbonyl (C=O) groups is 1. The predicted octanol–water partition coefficient (Wildman–Crippen LogP) is 4.53. The first-order chi connectivity index (χ1) is 10.0. The van der Waals surface area contributed by atoms with Crippen LogP contribution in [0.1, 0.15) is 66.9 Å². The zero-order valence-electron chi connectivity index (χ0n) is 14.0. The first-order valence-electron chi connectivity index (χ1n) is 8.34. The average Bonchev–Trinajstić information content (AvgIpc) is 2.77. The molecule has 116 valence electrons. The first-order valence-corrected chi connectivity index (χ1v) is 8.34. The molecule has 0 radical (unpaired) electrons. The van der Waals surface area contributed by atoms with E-state index in [0.717, 1.165) is 5.56 Å². The number of hydrogen-bond donors (Lipinski definition) is 0. The molecule has 1 aromatic carbocycles. The topological polar surface area (TPSA) is 20.3 Å². The van der Waals surface area contributed by atoms with Crippen molar-refractivity contribution in [1.82, 2.24) is 4.90 Å². The number of ketones is 1. The van der Waals surface area contributed by atoms with E-state index in [-0.39, 0.29) is 11.8 Å². The average molecular weight is 287 g/mol. The summed E-state index contributed by atoms with van der Waals surface area (Å²) < 4.78 is 0. The van der Waals surface area contributed by atoms with Crippen LogP contribution in [0.4, 0.5) is 0 Å². The molecule has 1 fully saturated rings. The van der Waals surface area contributed by atoms with E-state index in [9.17, 15) is 4.79 Å². The summed E-state index contributed by atoms with van der Waals surface area (Å²) in [5.41, 5.74) is 3.30. The third-order valence-corrected chi connectivity index (χ3v) is 5.18. The predicted molar refractivity (Wildman–Crippen MR) is 89.0 cm³/mol. The van der Waals surface area contributed by atoms with Gasteiger partial charge in [-0.2, -0.15) is 0 Å². The fourth-order valence-corrected chi connectivity index (χ4v) is 3.30. The van der Waals surface area contributed by atoms with Crippen molar-refractivity contribution in [2.45, 2.75) is 71.4 Å². The number of aryl methyl sites for hydroxylation is 2. The lowest BCUT2D eigenvalue weighted by molar-refractivity contribution is 0.0801. The molecular weight excluding hydrogens is 258 g/mol. The minimum absolute atomic E-state index is 0.0322. The second-order valence-corrected chi connectivity index (χ2v) is 6.65. The molecule has 0 bridgehead atoms. The van der Waals surface area contributed by atoms with E-state index in [2.05, 4.69) is 38.8 Å². The Kier molecular flexibility index (Phi) is 5.58. The molecule has 1 aliphatic carbocycles. The number of nitrogens with zero attached hydrogens (tertiary/aromatic N) is 1. The number of rotatable bonds is 4. The van der Waals surface area contributed by atoms with Crippen LogP contribution in [-0.2, 0) is 0 Å². The van der Waals surface area contributed by atoms with Gasteiger partial charge in [0, 0.05) is 11.6 Å². The molecule has 0 aliphatic heterocycles. The second kappa shape index (κ2) is 7.22. The Hall–Kier alpha value is -1.15. The Morgan fingerprint density at radius 3 is 2.29 bits per heavy atom. The molecule has 1 saturated carbocycles. The van der Waals surface area contributed by atoms with Gasteiger partial charge in [0.15, 0.2) is 5.78 Å². The van der Waals surface area contributed by atoms with Crippen LogP contribution in [0.15, 0.2) is 18.2 Å². The molecule has 0 N–H and O–H groups in total. The van der Waals surface area contributed by atoms with Crippen LogP contribution in [-0.4, -0.2) is 29.8 Å². The molecule has 0 spiro atoms. The van der Waals surface area contributed by atoms with Gasteiger partial charge in [-0.15, -0.1) is 0 Å². The van der Waals surface area contributed by atoms with Crippen molar-refractivity contribution in [2.75, 3.05) is 7.05 Å². The normalized spacial score (nSPS) is 18.5. The Morgan fingerprint density at radius 2 is 1.71 bits per heavy atom. The summed E-state index contributed by atoms with van der Waals surface area (Å²) in [6, 6.07) is 6.60. The van der Waals surface area contributed by atoms with Crippen LogP contribution in [0, 0.1) is 13.8 Å². The van der Waals surface area contributed by atoms with Gasteiger partial charge in [-0.3, -0.25) is 9.69 Å². The minimum Gasteiger partial charge on any atom is -0.294 e. The Balaban J connectivity index is 2.08. The largest absolute Gasteiger partial charge is 0.294 e. The van der Waals surface area contributed by atoms with Crippen molar-refractivity contribution >= 4 is 5.78 Å². The van der Waals surface area contributed by atoms with Gasteiger partial charge < -0.3 is 0 Å². The van der Waals surface area contributed by atoms with Crippen molar-refractivity contribution in [3.05, 3.63) is 34.9 Å². The molecule has 0 aromatic heterocycles. The maximum Gasteiger partial charge on any atom is 0.179 e. The smallest absolute Gasteiger partial charge is 0.179 e. The lowest BCUT2D eigenvalue weighted by Gasteiger charge is -2.32. The molecule has 21 heavy (non-hydrogen) atoms. The third kappa shape index (κ3) is 3.94. The summed E-state index contributed by atoms with van der Waals surface area (Å²) in [7, 11) is 2.12. The number of Topliss-reactive ketones (excluding diaryl/α,β-unsaturated/α-hetero) is 1. The lowest BCUT2D eigenvalue weighted by Crippen LogP contribution is -2.43. The quantitative estimate of drug-likeness (QED) is 0.599. The fraction of sp³-hybridized carbons (Fsp3) is 0.632. The van der Waals surface area contributed by atoms with Gasteiger partial charge >= 0.3 is 0 Å². The first kappa shape index (κ1) is 16.2. The van der Waals surface area contributed by atoms with Crippen LogP contribution >= 0.6 is 0 Å². The molecule has 2 heteroatoms. The molecule has 0 saturated heterocycles. The van der Waals surface area contributed by atoms with E-state index in [0.29, 0.717) is 6.04 Å². The van der Waals surface area contributed by atoms with Crippen LogP contribution in [0.3, 0.4) is 0 Å². The van der Waals surface area contributed by atoms with Crippen molar-refractivity contribution in [2.24, 2.45) is 0 Å². The summed E-state index contributed by atoms with van der Waals surface area (Å²) in [4.78, 5) is 15.0. The highest BCUT2D eigenvalue weighted by atomic mass is 16.1. The highest BCUT2D eigenvalue weighted by molar-refractivity contribution is 6.00. The lowest BCUT2D eigenvalue weighted by atomic mass is 9.98. The summed E-state index contributed by atoms with van der Waals surface area (Å²) >= 11 is 0. The van der Waals surface area contributed by atoms with E-state index in [1.54, 1.807) is 0 Å². The summed E-state index contributed by atoms with van der Waals surface area (Å²) in [6.45, 7) is 6.22. The number of hydrogen-bond acceptors (Lipinski definition) is 2. The van der Waals surface area contributed by atoms with Gasteiger partial charge in [-0.1, -0.05) is 37.8 Å². The zero-order chi connectivity index (χ0) is 15.4. The molecule has 2 rings (SSSR count). The van der Waals surface area contributed by atoms with E-state index in [4.69, 9.17) is 0 Å². The Labute approximate surface area is 129 Å². The van der Waals surface area contributed by atoms with E-state index >= 15 is 0 Å². The maximum absolute atomic E-state index is 12.7. The number of benzene rings is 1.